The summed E-state index contributed by atoms with van der Waals surface area (Å²) in [6.07, 6.45) is -0.625. The first kappa shape index (κ1) is 17.7. The number of hydrogen-bond donors (Lipinski definition) is 1. The highest BCUT2D eigenvalue weighted by Gasteiger charge is 2.16. The number of benzene rings is 2. The molecule has 0 heterocycles. The van der Waals surface area contributed by atoms with E-state index in [1.807, 2.05) is 43.3 Å². The van der Waals surface area contributed by atoms with Crippen LogP contribution < -0.4 is 19.5 Å². The molecule has 0 aromatic heterocycles. The predicted molar refractivity (Wildman–Crippen MR) is 92.8 cm³/mol. The molecule has 1 unspecified atom stereocenters. The van der Waals surface area contributed by atoms with Gasteiger partial charge in [-0.05, 0) is 37.6 Å². The van der Waals surface area contributed by atoms with Gasteiger partial charge in [0.2, 0.25) is 0 Å². The van der Waals surface area contributed by atoms with Gasteiger partial charge < -0.3 is 19.5 Å². The fourth-order valence-corrected chi connectivity index (χ4v) is 2.16. The normalized spacial score (nSPS) is 11.5. The maximum atomic E-state index is 12.1. The minimum absolute atomic E-state index is 0.200. The number of ether oxygens (including phenoxy) is 3. The zero-order chi connectivity index (χ0) is 17.4. The fourth-order valence-electron chi connectivity index (χ4n) is 2.16. The van der Waals surface area contributed by atoms with Crippen LogP contribution in [0, 0.1) is 6.92 Å². The first-order valence-corrected chi connectivity index (χ1v) is 7.87. The van der Waals surface area contributed by atoms with E-state index in [1.165, 1.54) is 0 Å². The third-order valence-electron chi connectivity index (χ3n) is 3.49. The van der Waals surface area contributed by atoms with Crippen molar-refractivity contribution >= 4 is 5.91 Å². The molecule has 5 heteroatoms. The van der Waals surface area contributed by atoms with Crippen molar-refractivity contribution in [3.63, 3.8) is 0 Å². The molecule has 128 valence electrons. The van der Waals surface area contributed by atoms with Crippen LogP contribution in [0.5, 0.6) is 17.2 Å². The zero-order valence-electron chi connectivity index (χ0n) is 14.2. The lowest BCUT2D eigenvalue weighted by Gasteiger charge is -2.16. The second-order valence-corrected chi connectivity index (χ2v) is 5.32. The van der Waals surface area contributed by atoms with Crippen LogP contribution in [0.3, 0.4) is 0 Å². The Morgan fingerprint density at radius 2 is 1.67 bits per heavy atom. The topological polar surface area (TPSA) is 56.8 Å². The van der Waals surface area contributed by atoms with Gasteiger partial charge in [0.05, 0.1) is 13.7 Å². The lowest BCUT2D eigenvalue weighted by molar-refractivity contribution is -0.127. The zero-order valence-corrected chi connectivity index (χ0v) is 14.2. The summed E-state index contributed by atoms with van der Waals surface area (Å²) in [5.41, 5.74) is 1.07. The van der Waals surface area contributed by atoms with E-state index in [2.05, 4.69) is 5.32 Å². The summed E-state index contributed by atoms with van der Waals surface area (Å²) in [6.45, 7) is 4.49. The second-order valence-electron chi connectivity index (χ2n) is 5.32. The van der Waals surface area contributed by atoms with Crippen LogP contribution >= 0.6 is 0 Å². The second kappa shape index (κ2) is 8.82. The van der Waals surface area contributed by atoms with Crippen molar-refractivity contribution in [1.82, 2.24) is 5.32 Å². The summed E-state index contributed by atoms with van der Waals surface area (Å²) < 4.78 is 16.5. The molecular weight excluding hydrogens is 306 g/mol. The lowest BCUT2D eigenvalue weighted by Crippen LogP contribution is -2.38. The molecule has 0 spiro atoms. The largest absolute Gasteiger partial charge is 0.493 e. The summed E-state index contributed by atoms with van der Waals surface area (Å²) in [5.74, 6) is 1.76. The average molecular weight is 329 g/mol. The number of methoxy groups -OCH3 is 1. The van der Waals surface area contributed by atoms with Crippen molar-refractivity contribution in [2.75, 3.05) is 20.3 Å². The van der Waals surface area contributed by atoms with Gasteiger partial charge in [-0.25, -0.2) is 0 Å². The molecule has 0 fully saturated rings. The number of amides is 1. The van der Waals surface area contributed by atoms with Crippen molar-refractivity contribution in [2.24, 2.45) is 0 Å². The van der Waals surface area contributed by atoms with Crippen LogP contribution in [0.25, 0.3) is 0 Å². The van der Waals surface area contributed by atoms with Crippen molar-refractivity contribution in [1.29, 1.82) is 0 Å². The maximum absolute atomic E-state index is 12.1. The van der Waals surface area contributed by atoms with Gasteiger partial charge in [-0.1, -0.05) is 30.3 Å². The molecule has 1 N–H and O–H groups in total. The molecule has 1 amide bonds. The van der Waals surface area contributed by atoms with E-state index in [0.717, 1.165) is 11.3 Å². The maximum Gasteiger partial charge on any atom is 0.260 e. The van der Waals surface area contributed by atoms with Crippen LogP contribution in [-0.4, -0.2) is 32.3 Å². The van der Waals surface area contributed by atoms with Crippen molar-refractivity contribution < 1.29 is 19.0 Å². The molecule has 0 aliphatic rings. The number of aryl methyl sites for hydroxylation is 1. The number of hydrogen-bond acceptors (Lipinski definition) is 4. The Labute approximate surface area is 142 Å². The molecule has 2 rings (SSSR count). The Morgan fingerprint density at radius 3 is 2.33 bits per heavy atom. The summed E-state index contributed by atoms with van der Waals surface area (Å²) >= 11 is 0. The fraction of sp³-hybridized carbons (Fsp3) is 0.316. The molecule has 2 aromatic rings. The Balaban J connectivity index is 1.77. The van der Waals surface area contributed by atoms with Crippen LogP contribution in [0.1, 0.15) is 12.5 Å². The van der Waals surface area contributed by atoms with E-state index in [-0.39, 0.29) is 5.91 Å². The van der Waals surface area contributed by atoms with Crippen LogP contribution in [0.2, 0.25) is 0 Å². The molecule has 1 atom stereocenters. The van der Waals surface area contributed by atoms with Crippen molar-refractivity contribution in [2.45, 2.75) is 20.0 Å². The minimum Gasteiger partial charge on any atom is -0.493 e. The molecule has 5 nitrogen and oxygen atoms in total. The van der Waals surface area contributed by atoms with Gasteiger partial charge in [0.1, 0.15) is 12.4 Å². The summed E-state index contributed by atoms with van der Waals surface area (Å²) in [7, 11) is 1.57. The SMILES string of the molecule is COc1ccccc1OC(C)C(=O)NCCOc1ccccc1C. The standard InChI is InChI=1S/C19H23NO4/c1-14-8-4-5-9-16(14)23-13-12-20-19(21)15(2)24-18-11-7-6-10-17(18)22-3/h4-11,15H,12-13H2,1-3H3,(H,20,21). The molecule has 0 saturated heterocycles. The Bertz CT molecular complexity index is 672. The van der Waals surface area contributed by atoms with Gasteiger partial charge in [-0.3, -0.25) is 4.79 Å². The number of carbonyl (C=O) groups is 1. The van der Waals surface area contributed by atoms with Crippen molar-refractivity contribution in [3.8, 4) is 17.2 Å². The van der Waals surface area contributed by atoms with E-state index < -0.39 is 6.10 Å². The van der Waals surface area contributed by atoms with E-state index in [0.29, 0.717) is 24.7 Å². The molecule has 2 aromatic carbocycles. The number of carbonyl (C=O) groups excluding carboxylic acids is 1. The van der Waals surface area contributed by atoms with Gasteiger partial charge in [0.15, 0.2) is 17.6 Å². The third-order valence-corrected chi connectivity index (χ3v) is 3.49. The quantitative estimate of drug-likeness (QED) is 0.757. The van der Waals surface area contributed by atoms with E-state index in [4.69, 9.17) is 14.2 Å². The predicted octanol–water partition coefficient (Wildman–Crippen LogP) is 2.97. The van der Waals surface area contributed by atoms with Gasteiger partial charge in [-0.15, -0.1) is 0 Å². The molecule has 0 radical (unpaired) electrons. The summed E-state index contributed by atoms with van der Waals surface area (Å²) in [6, 6.07) is 15.0. The average Bonchev–Trinajstić information content (AvgIpc) is 2.60. The van der Waals surface area contributed by atoms with Gasteiger partial charge in [-0.2, -0.15) is 0 Å². The highest BCUT2D eigenvalue weighted by Crippen LogP contribution is 2.26. The van der Waals surface area contributed by atoms with Gasteiger partial charge >= 0.3 is 0 Å². The lowest BCUT2D eigenvalue weighted by atomic mass is 10.2. The van der Waals surface area contributed by atoms with Crippen LogP contribution in [0.4, 0.5) is 0 Å². The van der Waals surface area contributed by atoms with E-state index in [9.17, 15) is 4.79 Å². The first-order chi connectivity index (χ1) is 11.6. The number of rotatable bonds is 8. The third kappa shape index (κ3) is 4.91. The van der Waals surface area contributed by atoms with Crippen LogP contribution in [-0.2, 0) is 4.79 Å². The molecule has 0 aliphatic carbocycles. The monoisotopic (exact) mass is 329 g/mol. The van der Waals surface area contributed by atoms with E-state index in [1.54, 1.807) is 26.2 Å². The molecule has 24 heavy (non-hydrogen) atoms. The Hall–Kier alpha value is -2.69. The smallest absolute Gasteiger partial charge is 0.260 e. The first-order valence-electron chi connectivity index (χ1n) is 7.87. The summed E-state index contributed by atoms with van der Waals surface area (Å²) in [4.78, 5) is 12.1. The highest BCUT2D eigenvalue weighted by molar-refractivity contribution is 5.80. The number of para-hydroxylation sites is 3. The molecular formula is C19H23NO4. The van der Waals surface area contributed by atoms with Crippen molar-refractivity contribution in [3.05, 3.63) is 54.1 Å². The molecule has 0 saturated carbocycles. The Kier molecular flexibility index (Phi) is 6.49. The van der Waals surface area contributed by atoms with Crippen LogP contribution in [0.15, 0.2) is 48.5 Å². The van der Waals surface area contributed by atoms with Gasteiger partial charge in [0.25, 0.3) is 5.91 Å². The Morgan fingerprint density at radius 1 is 1.04 bits per heavy atom. The molecule has 0 bridgehead atoms. The highest BCUT2D eigenvalue weighted by atomic mass is 16.5. The molecule has 0 aliphatic heterocycles. The van der Waals surface area contributed by atoms with Gasteiger partial charge in [0, 0.05) is 0 Å². The number of nitrogens with one attached hydrogen (secondary N) is 1. The summed E-state index contributed by atoms with van der Waals surface area (Å²) in [5, 5.41) is 2.80. The minimum atomic E-state index is -0.625. The van der Waals surface area contributed by atoms with E-state index >= 15 is 0 Å².